The van der Waals surface area contributed by atoms with Gasteiger partial charge in [0.1, 0.15) is 5.82 Å². The van der Waals surface area contributed by atoms with Crippen molar-refractivity contribution in [2.75, 3.05) is 6.54 Å². The molecule has 34 heavy (non-hydrogen) atoms. The van der Waals surface area contributed by atoms with E-state index in [1.807, 2.05) is 36.4 Å². The molecule has 2 fully saturated rings. The number of hydrogen-bond acceptors (Lipinski definition) is 4. The monoisotopic (exact) mass is 516 g/mol. The lowest BCUT2D eigenvalue weighted by molar-refractivity contribution is -0.125. The van der Waals surface area contributed by atoms with Gasteiger partial charge in [-0.15, -0.1) is 0 Å². The Morgan fingerprint density at radius 1 is 1.12 bits per heavy atom. The topological polar surface area (TPSA) is 61.0 Å². The number of benzene rings is 2. The minimum atomic E-state index is -0.183. The predicted molar refractivity (Wildman–Crippen MR) is 141 cm³/mol. The first-order chi connectivity index (χ1) is 16.5. The minimum absolute atomic E-state index is 0.0530. The number of thioether (sulfide) groups is 1. The van der Waals surface area contributed by atoms with Crippen LogP contribution in [0.5, 0.6) is 0 Å². The van der Waals surface area contributed by atoms with Gasteiger partial charge in [0.2, 0.25) is 5.91 Å². The zero-order valence-electron chi connectivity index (χ0n) is 19.1. The van der Waals surface area contributed by atoms with Crippen molar-refractivity contribution >= 4 is 51.9 Å². The lowest BCUT2D eigenvalue weighted by Gasteiger charge is -2.25. The number of H-pyrrole nitrogens is 1. The molecule has 1 aliphatic carbocycles. The number of imidazole rings is 1. The van der Waals surface area contributed by atoms with Crippen molar-refractivity contribution in [1.29, 1.82) is 0 Å². The summed E-state index contributed by atoms with van der Waals surface area (Å²) >= 11 is 14.7. The Bertz CT molecular complexity index is 1110. The minimum Gasteiger partial charge on any atom is -0.348 e. The summed E-state index contributed by atoms with van der Waals surface area (Å²) < 4.78 is 0. The standard InChI is InChI=1S/C26H30Cl2N4OS/c27-18-11-10-17(21(28)12-18)15-32-16-20(34-19-6-2-1-3-7-19)13-24(32)26(33)29-14-25-30-22-8-4-5-9-23(22)31-25/h4-5,8-12,19-20,24H,1-3,6-7,13-16H2,(H,29,33)(H,30,31)/t20-,24+/m1/s1. The fourth-order valence-corrected chi connectivity index (χ4v) is 7.32. The van der Waals surface area contributed by atoms with E-state index in [1.165, 1.54) is 32.1 Å². The molecule has 0 spiro atoms. The Hall–Kier alpha value is -1.73. The maximum atomic E-state index is 13.4. The highest BCUT2D eigenvalue weighted by atomic mass is 35.5. The van der Waals surface area contributed by atoms with Crippen LogP contribution in [-0.2, 0) is 17.9 Å². The molecule has 0 unspecified atom stereocenters. The third-order valence-electron chi connectivity index (χ3n) is 6.86. The van der Waals surface area contributed by atoms with E-state index in [4.69, 9.17) is 23.2 Å². The second-order valence-electron chi connectivity index (χ2n) is 9.35. The number of amides is 1. The van der Waals surface area contributed by atoms with Gasteiger partial charge < -0.3 is 10.3 Å². The molecule has 5 nitrogen and oxygen atoms in total. The van der Waals surface area contributed by atoms with Crippen LogP contribution < -0.4 is 5.32 Å². The number of halogens is 2. The van der Waals surface area contributed by atoms with Crippen LogP contribution in [0.15, 0.2) is 42.5 Å². The highest BCUT2D eigenvalue weighted by molar-refractivity contribution is 8.00. The van der Waals surface area contributed by atoms with Gasteiger partial charge in [-0.25, -0.2) is 4.98 Å². The van der Waals surface area contributed by atoms with Crippen molar-refractivity contribution in [1.82, 2.24) is 20.2 Å². The summed E-state index contributed by atoms with van der Waals surface area (Å²) in [6.45, 7) is 1.92. The third kappa shape index (κ3) is 5.73. The smallest absolute Gasteiger partial charge is 0.237 e. The zero-order chi connectivity index (χ0) is 23.5. The lowest BCUT2D eigenvalue weighted by Crippen LogP contribution is -2.42. The highest BCUT2D eigenvalue weighted by Crippen LogP contribution is 2.37. The molecule has 5 rings (SSSR count). The second-order valence-corrected chi connectivity index (χ2v) is 11.8. The van der Waals surface area contributed by atoms with E-state index in [1.54, 1.807) is 6.07 Å². The van der Waals surface area contributed by atoms with Gasteiger partial charge in [0, 0.05) is 33.6 Å². The highest BCUT2D eigenvalue weighted by Gasteiger charge is 2.38. The molecule has 2 aromatic carbocycles. The number of fused-ring (bicyclic) bond motifs is 1. The van der Waals surface area contributed by atoms with Crippen LogP contribution in [0.2, 0.25) is 10.0 Å². The average Bonchev–Trinajstić information content (AvgIpc) is 3.43. The maximum Gasteiger partial charge on any atom is 0.237 e. The quantitative estimate of drug-likeness (QED) is 0.392. The van der Waals surface area contributed by atoms with Crippen molar-refractivity contribution in [3.63, 3.8) is 0 Å². The largest absolute Gasteiger partial charge is 0.348 e. The number of aromatic nitrogens is 2. The van der Waals surface area contributed by atoms with Crippen LogP contribution >= 0.6 is 35.0 Å². The van der Waals surface area contributed by atoms with E-state index in [0.29, 0.717) is 28.4 Å². The number of carbonyl (C=O) groups excluding carboxylic acids is 1. The Kier molecular flexibility index (Phi) is 7.69. The number of nitrogens with zero attached hydrogens (tertiary/aromatic N) is 2. The van der Waals surface area contributed by atoms with Gasteiger partial charge in [0.25, 0.3) is 0 Å². The molecule has 2 aliphatic rings. The van der Waals surface area contributed by atoms with Crippen LogP contribution in [0.1, 0.15) is 49.9 Å². The van der Waals surface area contributed by atoms with Gasteiger partial charge in [-0.2, -0.15) is 11.8 Å². The molecule has 1 aromatic heterocycles. The number of hydrogen-bond donors (Lipinski definition) is 2. The van der Waals surface area contributed by atoms with Crippen molar-refractivity contribution < 1.29 is 4.79 Å². The fraction of sp³-hybridized carbons (Fsp3) is 0.462. The summed E-state index contributed by atoms with van der Waals surface area (Å²) in [6, 6.07) is 13.3. The van der Waals surface area contributed by atoms with Gasteiger partial charge >= 0.3 is 0 Å². The SMILES string of the molecule is O=C(NCc1nc2ccccc2[nH]1)[C@@H]1C[C@@H](SC2CCCCC2)CN1Cc1ccc(Cl)cc1Cl. The summed E-state index contributed by atoms with van der Waals surface area (Å²) in [6.07, 6.45) is 7.47. The lowest BCUT2D eigenvalue weighted by atomic mass is 10.0. The van der Waals surface area contributed by atoms with E-state index < -0.39 is 0 Å². The molecule has 0 radical (unpaired) electrons. The average molecular weight is 518 g/mol. The van der Waals surface area contributed by atoms with E-state index >= 15 is 0 Å². The predicted octanol–water partition coefficient (Wildman–Crippen LogP) is 6.19. The molecule has 2 N–H and O–H groups in total. The maximum absolute atomic E-state index is 13.4. The first-order valence-corrected chi connectivity index (χ1v) is 13.8. The molecule has 3 aromatic rings. The molecule has 180 valence electrons. The Labute approximate surface area is 215 Å². The molecule has 1 saturated heterocycles. The Morgan fingerprint density at radius 3 is 2.74 bits per heavy atom. The number of carbonyl (C=O) groups is 1. The normalized spacial score (nSPS) is 21.8. The van der Waals surface area contributed by atoms with Gasteiger partial charge in [-0.05, 0) is 49.1 Å². The molecular weight excluding hydrogens is 487 g/mol. The number of likely N-dealkylation sites (tertiary alicyclic amines) is 1. The Morgan fingerprint density at radius 2 is 1.94 bits per heavy atom. The van der Waals surface area contributed by atoms with Crippen molar-refractivity contribution in [3.8, 4) is 0 Å². The van der Waals surface area contributed by atoms with Crippen LogP contribution in [0, 0.1) is 0 Å². The van der Waals surface area contributed by atoms with Gasteiger partial charge in [-0.1, -0.05) is 60.7 Å². The van der Waals surface area contributed by atoms with E-state index in [2.05, 4.69) is 31.9 Å². The summed E-state index contributed by atoms with van der Waals surface area (Å²) in [5.74, 6) is 0.824. The van der Waals surface area contributed by atoms with Gasteiger partial charge in [0.15, 0.2) is 0 Å². The van der Waals surface area contributed by atoms with Gasteiger partial charge in [-0.3, -0.25) is 9.69 Å². The summed E-state index contributed by atoms with van der Waals surface area (Å²) in [4.78, 5) is 23.5. The zero-order valence-corrected chi connectivity index (χ0v) is 21.4. The van der Waals surface area contributed by atoms with Crippen LogP contribution in [-0.4, -0.2) is 43.9 Å². The van der Waals surface area contributed by atoms with Crippen LogP contribution in [0.25, 0.3) is 11.0 Å². The molecule has 1 saturated carbocycles. The van der Waals surface area contributed by atoms with Crippen molar-refractivity contribution in [2.45, 2.75) is 68.2 Å². The van der Waals surface area contributed by atoms with E-state index in [9.17, 15) is 4.79 Å². The fourth-order valence-electron chi connectivity index (χ4n) is 5.13. The molecule has 1 amide bonds. The summed E-state index contributed by atoms with van der Waals surface area (Å²) in [5, 5.41) is 5.58. The number of rotatable bonds is 7. The third-order valence-corrected chi connectivity index (χ3v) is 9.03. The first-order valence-electron chi connectivity index (χ1n) is 12.1. The van der Waals surface area contributed by atoms with Crippen molar-refractivity contribution in [3.05, 3.63) is 63.9 Å². The van der Waals surface area contributed by atoms with E-state index in [0.717, 1.165) is 40.6 Å². The molecular formula is C26H30Cl2N4OS. The molecule has 0 bridgehead atoms. The van der Waals surface area contributed by atoms with Crippen molar-refractivity contribution in [2.24, 2.45) is 0 Å². The molecule has 1 aliphatic heterocycles. The number of para-hydroxylation sites is 2. The van der Waals surface area contributed by atoms with Gasteiger partial charge in [0.05, 0.1) is 23.6 Å². The summed E-state index contributed by atoms with van der Waals surface area (Å²) in [5.41, 5.74) is 2.90. The number of nitrogens with one attached hydrogen (secondary N) is 2. The molecule has 2 atom stereocenters. The molecule has 2 heterocycles. The van der Waals surface area contributed by atoms with Crippen LogP contribution in [0.4, 0.5) is 0 Å². The first kappa shape index (κ1) is 24.0. The molecule has 8 heteroatoms. The Balaban J connectivity index is 1.27. The van der Waals surface area contributed by atoms with E-state index in [-0.39, 0.29) is 11.9 Å². The van der Waals surface area contributed by atoms with Crippen LogP contribution in [0.3, 0.4) is 0 Å². The summed E-state index contributed by atoms with van der Waals surface area (Å²) in [7, 11) is 0. The number of aromatic amines is 1. The second kappa shape index (κ2) is 10.9.